The maximum Gasteiger partial charge on any atom is 0.416 e. The van der Waals surface area contributed by atoms with Crippen LogP contribution in [-0.2, 0) is 6.18 Å². The van der Waals surface area contributed by atoms with Gasteiger partial charge >= 0.3 is 6.18 Å². The van der Waals surface area contributed by atoms with Crippen LogP contribution in [0.25, 0.3) is 0 Å². The van der Waals surface area contributed by atoms with Crippen LogP contribution in [0.3, 0.4) is 0 Å². The Morgan fingerprint density at radius 1 is 0.774 bits per heavy atom. The van der Waals surface area contributed by atoms with Crippen LogP contribution in [0.4, 0.5) is 24.5 Å². The number of halogens is 3. The Balaban J connectivity index is 1.72. The fourth-order valence-electron chi connectivity index (χ4n) is 3.92. The lowest BCUT2D eigenvalue weighted by atomic mass is 9.98. The number of hydrogen-bond donors (Lipinski definition) is 1. The summed E-state index contributed by atoms with van der Waals surface area (Å²) in [6, 6.07) is 23.6. The van der Waals surface area contributed by atoms with Gasteiger partial charge in [0.1, 0.15) is 0 Å². The molecule has 31 heavy (non-hydrogen) atoms. The molecule has 0 aliphatic carbocycles. The third-order valence-electron chi connectivity index (χ3n) is 5.69. The number of piperazine rings is 1. The zero-order chi connectivity index (χ0) is 21.8. The van der Waals surface area contributed by atoms with Crippen LogP contribution in [0.5, 0.6) is 0 Å². The third-order valence-corrected chi connectivity index (χ3v) is 5.69. The van der Waals surface area contributed by atoms with Gasteiger partial charge in [-0.05, 0) is 36.4 Å². The molecule has 0 atom stereocenters. The molecule has 1 heterocycles. The highest BCUT2D eigenvalue weighted by Gasteiger charge is 2.32. The molecule has 4 rings (SSSR count). The molecular formula is C25H26F3N3. The molecule has 1 fully saturated rings. The molecule has 3 aromatic rings. The average Bonchev–Trinajstić information content (AvgIpc) is 2.78. The summed E-state index contributed by atoms with van der Waals surface area (Å²) in [6.07, 6.45) is -4.41. The minimum absolute atomic E-state index is 0.258. The van der Waals surface area contributed by atoms with Gasteiger partial charge in [0.25, 0.3) is 0 Å². The molecule has 0 radical (unpaired) electrons. The van der Waals surface area contributed by atoms with E-state index in [1.807, 2.05) is 78.7 Å². The highest BCUT2D eigenvalue weighted by atomic mass is 19.4. The van der Waals surface area contributed by atoms with Gasteiger partial charge in [0.15, 0.2) is 0 Å². The van der Waals surface area contributed by atoms with Gasteiger partial charge in [-0.15, -0.1) is 0 Å². The van der Waals surface area contributed by atoms with E-state index in [0.29, 0.717) is 24.5 Å². The molecule has 1 N–H and O–H groups in total. The Labute approximate surface area is 181 Å². The highest BCUT2D eigenvalue weighted by Crippen LogP contribution is 2.36. The Morgan fingerprint density at radius 2 is 1.32 bits per heavy atom. The largest absolute Gasteiger partial charge is 0.416 e. The van der Waals surface area contributed by atoms with Crippen molar-refractivity contribution in [1.82, 2.24) is 4.90 Å². The van der Waals surface area contributed by atoms with E-state index in [0.717, 1.165) is 24.2 Å². The second kappa shape index (κ2) is 9.02. The van der Waals surface area contributed by atoms with Gasteiger partial charge in [-0.2, -0.15) is 13.2 Å². The Hall–Kier alpha value is -2.99. The molecule has 0 aromatic heterocycles. The number of anilines is 2. The summed E-state index contributed by atoms with van der Waals surface area (Å²) in [5.74, 6) is 0. The van der Waals surface area contributed by atoms with Crippen LogP contribution >= 0.6 is 0 Å². The van der Waals surface area contributed by atoms with Gasteiger partial charge in [-0.3, -0.25) is 0 Å². The second-order valence-electron chi connectivity index (χ2n) is 7.96. The van der Waals surface area contributed by atoms with Crippen LogP contribution in [-0.4, -0.2) is 38.1 Å². The van der Waals surface area contributed by atoms with Crippen molar-refractivity contribution in [2.75, 3.05) is 43.4 Å². The van der Waals surface area contributed by atoms with Gasteiger partial charge in [-0.25, -0.2) is 0 Å². The maximum atomic E-state index is 13.7. The van der Waals surface area contributed by atoms with Crippen molar-refractivity contribution in [2.45, 2.75) is 12.2 Å². The molecule has 1 aliphatic rings. The fourth-order valence-corrected chi connectivity index (χ4v) is 3.92. The fraction of sp³-hybridized carbons (Fsp3) is 0.280. The van der Waals surface area contributed by atoms with Crippen molar-refractivity contribution in [3.63, 3.8) is 0 Å². The van der Waals surface area contributed by atoms with Crippen molar-refractivity contribution < 1.29 is 13.2 Å². The zero-order valence-electron chi connectivity index (χ0n) is 17.4. The molecule has 0 amide bonds. The molecule has 0 unspecified atom stereocenters. The number of alkyl halides is 3. The molecular weight excluding hydrogens is 399 g/mol. The van der Waals surface area contributed by atoms with Crippen molar-refractivity contribution in [1.29, 1.82) is 0 Å². The van der Waals surface area contributed by atoms with E-state index in [-0.39, 0.29) is 6.04 Å². The van der Waals surface area contributed by atoms with Crippen LogP contribution in [0.2, 0.25) is 0 Å². The van der Waals surface area contributed by atoms with E-state index in [1.165, 1.54) is 12.1 Å². The summed E-state index contributed by atoms with van der Waals surface area (Å²) >= 11 is 0. The first-order valence-electron chi connectivity index (χ1n) is 10.4. The normalized spacial score (nSPS) is 15.3. The molecule has 3 aromatic carbocycles. The van der Waals surface area contributed by atoms with Crippen LogP contribution in [0.1, 0.15) is 22.7 Å². The van der Waals surface area contributed by atoms with E-state index < -0.39 is 11.7 Å². The summed E-state index contributed by atoms with van der Waals surface area (Å²) < 4.78 is 41.1. The van der Waals surface area contributed by atoms with Crippen LogP contribution < -0.4 is 10.2 Å². The maximum absolute atomic E-state index is 13.7. The first-order chi connectivity index (χ1) is 14.9. The van der Waals surface area contributed by atoms with Gasteiger partial charge in [-0.1, -0.05) is 60.7 Å². The number of likely N-dealkylation sites (N-methyl/N-ethyl adjacent to an activating group) is 1. The Kier molecular flexibility index (Phi) is 6.18. The van der Waals surface area contributed by atoms with E-state index in [1.54, 1.807) is 0 Å². The molecule has 162 valence electrons. The minimum atomic E-state index is -4.41. The second-order valence-corrected chi connectivity index (χ2v) is 7.96. The summed E-state index contributed by atoms with van der Waals surface area (Å²) in [5, 5.41) is 3.38. The van der Waals surface area contributed by atoms with E-state index in [9.17, 15) is 13.2 Å². The number of hydrogen-bond acceptors (Lipinski definition) is 3. The predicted octanol–water partition coefficient (Wildman–Crippen LogP) is 5.66. The zero-order valence-corrected chi connectivity index (χ0v) is 17.4. The topological polar surface area (TPSA) is 18.5 Å². The van der Waals surface area contributed by atoms with Crippen molar-refractivity contribution >= 4 is 11.4 Å². The lowest BCUT2D eigenvalue weighted by Gasteiger charge is -2.34. The third kappa shape index (κ3) is 5.20. The van der Waals surface area contributed by atoms with Crippen LogP contribution in [0, 0.1) is 0 Å². The molecule has 0 spiro atoms. The Bertz CT molecular complexity index is 942. The quantitative estimate of drug-likeness (QED) is 0.569. The van der Waals surface area contributed by atoms with Gasteiger partial charge < -0.3 is 15.1 Å². The van der Waals surface area contributed by atoms with Gasteiger partial charge in [0.05, 0.1) is 11.6 Å². The summed E-state index contributed by atoms with van der Waals surface area (Å²) in [5.41, 5.74) is 2.41. The summed E-state index contributed by atoms with van der Waals surface area (Å²) in [7, 11) is 2.03. The highest BCUT2D eigenvalue weighted by molar-refractivity contribution is 5.63. The average molecular weight is 425 g/mol. The molecule has 1 aliphatic heterocycles. The standard InChI is InChI=1S/C25H26F3N3/c1-30-12-14-31(15-13-30)23-17-21(25(26,27)28)16-22(18-23)29-24(19-8-4-2-5-9-19)20-10-6-3-7-11-20/h2-11,16-18,24,29H,12-15H2,1H3. The van der Waals surface area contributed by atoms with Gasteiger partial charge in [0, 0.05) is 37.6 Å². The molecule has 0 bridgehead atoms. The smallest absolute Gasteiger partial charge is 0.374 e. The van der Waals surface area contributed by atoms with Crippen molar-refractivity contribution in [3.05, 3.63) is 95.6 Å². The summed E-state index contributed by atoms with van der Waals surface area (Å²) in [6.45, 7) is 3.07. The van der Waals surface area contributed by atoms with Crippen LogP contribution in [0.15, 0.2) is 78.9 Å². The SMILES string of the molecule is CN1CCN(c2cc(NC(c3ccccc3)c3ccccc3)cc(C(F)(F)F)c2)CC1. The van der Waals surface area contributed by atoms with Gasteiger partial charge in [0.2, 0.25) is 0 Å². The molecule has 3 nitrogen and oxygen atoms in total. The van der Waals surface area contributed by atoms with Crippen molar-refractivity contribution in [3.8, 4) is 0 Å². The molecule has 1 saturated heterocycles. The number of nitrogens with one attached hydrogen (secondary N) is 1. The monoisotopic (exact) mass is 425 g/mol. The lowest BCUT2D eigenvalue weighted by molar-refractivity contribution is -0.137. The first-order valence-corrected chi connectivity index (χ1v) is 10.4. The van der Waals surface area contributed by atoms with E-state index in [2.05, 4.69) is 10.2 Å². The number of nitrogens with zero attached hydrogens (tertiary/aromatic N) is 2. The number of benzene rings is 3. The van der Waals surface area contributed by atoms with E-state index >= 15 is 0 Å². The first kappa shape index (κ1) is 21.2. The van der Waals surface area contributed by atoms with Crippen molar-refractivity contribution in [2.24, 2.45) is 0 Å². The summed E-state index contributed by atoms with van der Waals surface area (Å²) in [4.78, 5) is 4.21. The Morgan fingerprint density at radius 3 is 1.84 bits per heavy atom. The molecule has 6 heteroatoms. The minimum Gasteiger partial charge on any atom is -0.374 e. The predicted molar refractivity (Wildman–Crippen MR) is 120 cm³/mol. The molecule has 0 saturated carbocycles. The lowest BCUT2D eigenvalue weighted by Crippen LogP contribution is -2.44. The number of rotatable bonds is 5. The van der Waals surface area contributed by atoms with E-state index in [4.69, 9.17) is 0 Å².